The summed E-state index contributed by atoms with van der Waals surface area (Å²) in [6, 6.07) is 12.5. The largest absolute Gasteiger partial charge is 0.390 e. The summed E-state index contributed by atoms with van der Waals surface area (Å²) in [7, 11) is 0. The van der Waals surface area contributed by atoms with E-state index < -0.39 is 12.1 Å². The summed E-state index contributed by atoms with van der Waals surface area (Å²) in [6.07, 6.45) is -0.0989. The number of anilines is 1. The van der Waals surface area contributed by atoms with Gasteiger partial charge in [-0.3, -0.25) is 9.59 Å². The van der Waals surface area contributed by atoms with E-state index in [1.807, 2.05) is 31.2 Å². The number of aryl methyl sites for hydroxylation is 1. The fourth-order valence-corrected chi connectivity index (χ4v) is 3.06. The minimum Gasteiger partial charge on any atom is -0.390 e. The van der Waals surface area contributed by atoms with Gasteiger partial charge in [0.15, 0.2) is 0 Å². The molecule has 1 aliphatic rings. The molecule has 0 radical (unpaired) electrons. The Hall–Kier alpha value is -2.66. The van der Waals surface area contributed by atoms with E-state index in [2.05, 4.69) is 10.6 Å². The van der Waals surface area contributed by atoms with Gasteiger partial charge in [-0.2, -0.15) is 0 Å². The van der Waals surface area contributed by atoms with Gasteiger partial charge in [-0.25, -0.2) is 0 Å². The van der Waals surface area contributed by atoms with E-state index in [0.29, 0.717) is 17.7 Å². The first-order valence-corrected chi connectivity index (χ1v) is 7.90. The van der Waals surface area contributed by atoms with Crippen LogP contribution in [0.2, 0.25) is 0 Å². The number of hydrogen-bond acceptors (Lipinski definition) is 3. The van der Waals surface area contributed by atoms with Crippen molar-refractivity contribution in [2.75, 3.05) is 5.32 Å². The summed E-state index contributed by atoms with van der Waals surface area (Å²) >= 11 is 0. The van der Waals surface area contributed by atoms with Crippen molar-refractivity contribution in [2.24, 2.45) is 0 Å². The molecule has 5 nitrogen and oxygen atoms in total. The molecule has 2 aromatic carbocycles. The predicted molar refractivity (Wildman–Crippen MR) is 91.8 cm³/mol. The van der Waals surface area contributed by atoms with Crippen LogP contribution < -0.4 is 10.6 Å². The Kier molecular flexibility index (Phi) is 4.36. The summed E-state index contributed by atoms with van der Waals surface area (Å²) < 4.78 is 0. The Morgan fingerprint density at radius 2 is 1.92 bits per heavy atom. The molecule has 0 aromatic heterocycles. The molecule has 2 aromatic rings. The van der Waals surface area contributed by atoms with Gasteiger partial charge in [0, 0.05) is 24.6 Å². The molecule has 0 bridgehead atoms. The Bertz CT molecular complexity index is 801. The molecular weight excluding hydrogens is 304 g/mol. The summed E-state index contributed by atoms with van der Waals surface area (Å²) in [4.78, 5) is 23.8. The first-order chi connectivity index (χ1) is 11.5. The van der Waals surface area contributed by atoms with Gasteiger partial charge >= 0.3 is 0 Å². The molecule has 5 heteroatoms. The minimum atomic E-state index is -0.633. The van der Waals surface area contributed by atoms with Crippen LogP contribution in [-0.4, -0.2) is 23.0 Å². The van der Waals surface area contributed by atoms with Gasteiger partial charge in [0.2, 0.25) is 5.91 Å². The molecule has 3 N–H and O–H groups in total. The molecule has 0 fully saturated rings. The molecule has 124 valence electrons. The number of benzene rings is 2. The van der Waals surface area contributed by atoms with Gasteiger partial charge < -0.3 is 15.7 Å². The molecule has 3 rings (SSSR count). The van der Waals surface area contributed by atoms with Gasteiger partial charge in [0.25, 0.3) is 5.91 Å². The van der Waals surface area contributed by atoms with Crippen molar-refractivity contribution in [1.82, 2.24) is 5.32 Å². The van der Waals surface area contributed by atoms with E-state index in [1.54, 1.807) is 18.2 Å². The molecule has 2 unspecified atom stereocenters. The molecule has 24 heavy (non-hydrogen) atoms. The van der Waals surface area contributed by atoms with E-state index in [-0.39, 0.29) is 11.8 Å². The van der Waals surface area contributed by atoms with Crippen molar-refractivity contribution < 1.29 is 14.7 Å². The highest BCUT2D eigenvalue weighted by Gasteiger charge is 2.32. The number of amides is 2. The summed E-state index contributed by atoms with van der Waals surface area (Å²) in [5.41, 5.74) is 3.95. The molecular formula is C19H20N2O3. The number of carbonyl (C=O) groups excluding carboxylic acids is 2. The molecule has 0 spiro atoms. The average molecular weight is 324 g/mol. The number of aliphatic hydroxyl groups is 1. The number of fused-ring (bicyclic) bond motifs is 1. The van der Waals surface area contributed by atoms with Crippen molar-refractivity contribution in [3.05, 3.63) is 64.7 Å². The maximum atomic E-state index is 12.6. The Morgan fingerprint density at radius 3 is 2.67 bits per heavy atom. The van der Waals surface area contributed by atoms with Crippen molar-refractivity contribution in [1.29, 1.82) is 0 Å². The second-order valence-corrected chi connectivity index (χ2v) is 6.13. The zero-order valence-electron chi connectivity index (χ0n) is 13.7. The van der Waals surface area contributed by atoms with Gasteiger partial charge in [-0.05, 0) is 35.7 Å². The zero-order chi connectivity index (χ0) is 17.3. The highest BCUT2D eigenvalue weighted by Crippen LogP contribution is 2.31. The molecule has 1 aliphatic carbocycles. The molecule has 2 amide bonds. The lowest BCUT2D eigenvalue weighted by Crippen LogP contribution is -2.33. The Labute approximate surface area is 140 Å². The van der Waals surface area contributed by atoms with E-state index >= 15 is 0 Å². The zero-order valence-corrected chi connectivity index (χ0v) is 13.7. The summed E-state index contributed by atoms with van der Waals surface area (Å²) in [5, 5.41) is 15.9. The third kappa shape index (κ3) is 3.16. The number of aliphatic hydroxyl groups excluding tert-OH is 1. The lowest BCUT2D eigenvalue weighted by atomic mass is 10.1. The second-order valence-electron chi connectivity index (χ2n) is 6.13. The van der Waals surface area contributed by atoms with Crippen LogP contribution in [0.5, 0.6) is 0 Å². The first kappa shape index (κ1) is 16.2. The highest BCUT2D eigenvalue weighted by molar-refractivity contribution is 5.97. The van der Waals surface area contributed by atoms with Crippen molar-refractivity contribution in [2.45, 2.75) is 32.4 Å². The minimum absolute atomic E-state index is 0.184. The lowest BCUT2D eigenvalue weighted by molar-refractivity contribution is -0.114. The van der Waals surface area contributed by atoms with E-state index in [1.165, 1.54) is 6.92 Å². The summed E-state index contributed by atoms with van der Waals surface area (Å²) in [6.45, 7) is 3.29. The smallest absolute Gasteiger partial charge is 0.251 e. The topological polar surface area (TPSA) is 78.4 Å². The lowest BCUT2D eigenvalue weighted by Gasteiger charge is -2.18. The maximum Gasteiger partial charge on any atom is 0.251 e. The van der Waals surface area contributed by atoms with Crippen LogP contribution in [0.25, 0.3) is 0 Å². The third-order valence-electron chi connectivity index (χ3n) is 4.30. The van der Waals surface area contributed by atoms with Gasteiger partial charge in [-0.1, -0.05) is 30.3 Å². The van der Waals surface area contributed by atoms with Gasteiger partial charge in [-0.15, -0.1) is 0 Å². The molecule has 0 aliphatic heterocycles. The average Bonchev–Trinajstić information content (AvgIpc) is 2.85. The maximum absolute atomic E-state index is 12.6. The van der Waals surface area contributed by atoms with Gasteiger partial charge in [0.1, 0.15) is 0 Å². The standard InChI is InChI=1S/C19H20N2O3/c1-11-7-8-14(9-16(11)20-12(2)22)19(24)21-18-15-6-4-3-5-13(15)10-17(18)23/h3-9,17-18,23H,10H2,1-2H3,(H,20,22)(H,21,24). The molecule has 0 saturated heterocycles. The van der Waals surface area contributed by atoms with Crippen molar-refractivity contribution >= 4 is 17.5 Å². The predicted octanol–water partition coefficient (Wildman–Crippen LogP) is 2.34. The molecule has 2 atom stereocenters. The van der Waals surface area contributed by atoms with Crippen molar-refractivity contribution in [3.8, 4) is 0 Å². The monoisotopic (exact) mass is 324 g/mol. The Balaban J connectivity index is 1.82. The van der Waals surface area contributed by atoms with Crippen LogP contribution in [0.15, 0.2) is 42.5 Å². The fraction of sp³-hybridized carbons (Fsp3) is 0.263. The summed E-state index contributed by atoms with van der Waals surface area (Å²) in [5.74, 6) is -0.460. The van der Waals surface area contributed by atoms with Crippen LogP contribution in [0.4, 0.5) is 5.69 Å². The van der Waals surface area contributed by atoms with E-state index in [0.717, 1.165) is 16.7 Å². The normalized spacial score (nSPS) is 18.8. The third-order valence-corrected chi connectivity index (χ3v) is 4.30. The quantitative estimate of drug-likeness (QED) is 0.811. The number of carbonyl (C=O) groups is 2. The number of nitrogens with one attached hydrogen (secondary N) is 2. The number of rotatable bonds is 3. The van der Waals surface area contributed by atoms with Crippen LogP contribution >= 0.6 is 0 Å². The molecule has 0 saturated carbocycles. The second kappa shape index (κ2) is 6.45. The van der Waals surface area contributed by atoms with Gasteiger partial charge in [0.05, 0.1) is 12.1 Å². The van der Waals surface area contributed by atoms with Crippen LogP contribution in [0.3, 0.4) is 0 Å². The SMILES string of the molecule is CC(=O)Nc1cc(C(=O)NC2c3ccccc3CC2O)ccc1C. The van der Waals surface area contributed by atoms with Crippen LogP contribution in [0.1, 0.15) is 40.0 Å². The highest BCUT2D eigenvalue weighted by atomic mass is 16.3. The van der Waals surface area contributed by atoms with E-state index in [4.69, 9.17) is 0 Å². The Morgan fingerprint density at radius 1 is 1.17 bits per heavy atom. The van der Waals surface area contributed by atoms with Crippen LogP contribution in [0, 0.1) is 6.92 Å². The van der Waals surface area contributed by atoms with E-state index in [9.17, 15) is 14.7 Å². The number of hydrogen-bond donors (Lipinski definition) is 3. The first-order valence-electron chi connectivity index (χ1n) is 7.90. The fourth-order valence-electron chi connectivity index (χ4n) is 3.06. The molecule has 0 heterocycles. The van der Waals surface area contributed by atoms with Crippen molar-refractivity contribution in [3.63, 3.8) is 0 Å². The van der Waals surface area contributed by atoms with Crippen LogP contribution in [-0.2, 0) is 11.2 Å².